The predicted octanol–water partition coefficient (Wildman–Crippen LogP) is 4.24. The molecule has 4 rings (SSSR count). The number of hydrogen-bond acceptors (Lipinski definition) is 4. The van der Waals surface area contributed by atoms with Crippen LogP contribution in [0.4, 0.5) is 32.0 Å². The molecule has 2 fully saturated rings. The molecular formula is C24H26F6N4O2. The van der Waals surface area contributed by atoms with E-state index in [1.165, 1.54) is 19.1 Å². The zero-order valence-electron chi connectivity index (χ0n) is 19.6. The van der Waals surface area contributed by atoms with E-state index in [2.05, 4.69) is 10.6 Å². The summed E-state index contributed by atoms with van der Waals surface area (Å²) in [6.45, 7) is 1.40. The van der Waals surface area contributed by atoms with Gasteiger partial charge in [0, 0.05) is 30.9 Å². The number of likely N-dealkylation sites (tertiary alicyclic amines) is 1. The number of nitrogens with zero attached hydrogens (tertiary/aromatic N) is 2. The number of amides is 1. The predicted molar refractivity (Wildman–Crippen MR) is 121 cm³/mol. The van der Waals surface area contributed by atoms with Crippen molar-refractivity contribution in [1.82, 2.24) is 14.8 Å². The maximum absolute atomic E-state index is 14.7. The van der Waals surface area contributed by atoms with Crippen LogP contribution in [0.25, 0.3) is 0 Å². The van der Waals surface area contributed by atoms with Crippen molar-refractivity contribution >= 4 is 11.6 Å². The van der Waals surface area contributed by atoms with E-state index < -0.39 is 52.9 Å². The summed E-state index contributed by atoms with van der Waals surface area (Å²) in [5.74, 6) is -2.05. The van der Waals surface area contributed by atoms with Gasteiger partial charge in [-0.2, -0.15) is 0 Å². The molecule has 1 aromatic heterocycles. The van der Waals surface area contributed by atoms with Crippen LogP contribution in [0.1, 0.15) is 53.7 Å². The Morgan fingerprint density at radius 1 is 1.14 bits per heavy atom. The molecule has 196 valence electrons. The summed E-state index contributed by atoms with van der Waals surface area (Å²) in [6.07, 6.45) is -4.83. The Kier molecular flexibility index (Phi) is 6.84. The lowest BCUT2D eigenvalue weighted by molar-refractivity contribution is -0.00383. The Hall–Kier alpha value is -3.02. The molecular weight excluding hydrogens is 490 g/mol. The lowest BCUT2D eigenvalue weighted by Gasteiger charge is -2.42. The van der Waals surface area contributed by atoms with Gasteiger partial charge in [0.2, 0.25) is 0 Å². The number of nitrogens with one attached hydrogen (secondary N) is 2. The number of alkyl halides is 5. The van der Waals surface area contributed by atoms with Crippen LogP contribution in [0.2, 0.25) is 0 Å². The number of pyridine rings is 1. The van der Waals surface area contributed by atoms with Gasteiger partial charge in [-0.3, -0.25) is 14.5 Å². The Labute approximate surface area is 203 Å². The molecule has 1 aliphatic heterocycles. The van der Waals surface area contributed by atoms with E-state index >= 15 is 0 Å². The highest BCUT2D eigenvalue weighted by molar-refractivity contribution is 5.99. The van der Waals surface area contributed by atoms with Crippen molar-refractivity contribution in [3.63, 3.8) is 0 Å². The second-order valence-corrected chi connectivity index (χ2v) is 9.64. The molecule has 0 radical (unpaired) electrons. The average Bonchev–Trinajstić information content (AvgIpc) is 3.58. The first kappa shape index (κ1) is 26.1. The molecule has 36 heavy (non-hydrogen) atoms. The largest absolute Gasteiger partial charge is 0.381 e. The number of rotatable bonds is 9. The highest BCUT2D eigenvalue weighted by atomic mass is 19.3. The molecule has 1 aromatic carbocycles. The number of carbonyl (C=O) groups excluding carboxylic acids is 1. The molecule has 2 aromatic rings. The fourth-order valence-electron chi connectivity index (χ4n) is 4.61. The first-order valence-corrected chi connectivity index (χ1v) is 11.4. The van der Waals surface area contributed by atoms with Gasteiger partial charge in [-0.25, -0.2) is 26.3 Å². The van der Waals surface area contributed by atoms with E-state index in [4.69, 9.17) is 0 Å². The molecule has 1 aliphatic carbocycles. The lowest BCUT2D eigenvalue weighted by Crippen LogP contribution is -2.60. The van der Waals surface area contributed by atoms with Gasteiger partial charge >= 0.3 is 0 Å². The van der Waals surface area contributed by atoms with Crippen LogP contribution < -0.4 is 16.2 Å². The summed E-state index contributed by atoms with van der Waals surface area (Å²) in [4.78, 5) is 27.6. The molecule has 0 unspecified atom stereocenters. The minimum absolute atomic E-state index is 0.0420. The Morgan fingerprint density at radius 3 is 2.33 bits per heavy atom. The fraction of sp³-hybridized carbons (Fsp3) is 0.500. The van der Waals surface area contributed by atoms with Crippen molar-refractivity contribution in [2.45, 2.75) is 49.9 Å². The molecule has 6 nitrogen and oxygen atoms in total. The van der Waals surface area contributed by atoms with Crippen LogP contribution in [0.3, 0.4) is 0 Å². The maximum atomic E-state index is 14.7. The molecule has 1 atom stereocenters. The van der Waals surface area contributed by atoms with E-state index in [-0.39, 0.29) is 49.3 Å². The van der Waals surface area contributed by atoms with Gasteiger partial charge < -0.3 is 15.2 Å². The molecule has 2 N–H and O–H groups in total. The van der Waals surface area contributed by atoms with E-state index in [1.54, 1.807) is 11.9 Å². The second kappa shape index (κ2) is 9.45. The van der Waals surface area contributed by atoms with E-state index in [9.17, 15) is 35.9 Å². The third-order valence-electron chi connectivity index (χ3n) is 6.76. The summed E-state index contributed by atoms with van der Waals surface area (Å²) in [7, 11) is 1.72. The van der Waals surface area contributed by atoms with Crippen molar-refractivity contribution in [3.05, 3.63) is 63.3 Å². The number of aromatic nitrogens is 1. The van der Waals surface area contributed by atoms with Crippen LogP contribution in [0, 0.1) is 5.82 Å². The third-order valence-corrected chi connectivity index (χ3v) is 6.76. The third kappa shape index (κ3) is 4.82. The number of halogens is 6. The van der Waals surface area contributed by atoms with Crippen LogP contribution in [0.5, 0.6) is 0 Å². The molecule has 1 saturated carbocycles. The monoisotopic (exact) mass is 516 g/mol. The normalized spacial score (nSPS) is 19.2. The van der Waals surface area contributed by atoms with Gasteiger partial charge in [0.05, 0.1) is 29.4 Å². The Morgan fingerprint density at radius 2 is 1.78 bits per heavy atom. The van der Waals surface area contributed by atoms with E-state index in [0.717, 1.165) is 22.9 Å². The van der Waals surface area contributed by atoms with Crippen LogP contribution in [0.15, 0.2) is 35.3 Å². The van der Waals surface area contributed by atoms with Gasteiger partial charge in [0.25, 0.3) is 24.3 Å². The van der Waals surface area contributed by atoms with E-state index in [0.29, 0.717) is 0 Å². The van der Waals surface area contributed by atoms with Gasteiger partial charge in [0.15, 0.2) is 5.67 Å². The molecule has 0 spiro atoms. The zero-order valence-corrected chi connectivity index (χ0v) is 19.6. The average molecular weight is 516 g/mol. The summed E-state index contributed by atoms with van der Waals surface area (Å²) in [5, 5.41) is 5.21. The Balaban J connectivity index is 1.65. The number of benzene rings is 1. The minimum Gasteiger partial charge on any atom is -0.381 e. The van der Waals surface area contributed by atoms with Crippen LogP contribution >= 0.6 is 0 Å². The van der Waals surface area contributed by atoms with Crippen LogP contribution in [-0.4, -0.2) is 54.2 Å². The SMILES string of the molecule is C[C@@H](NC(=O)c1cn(C2(C(F)F)CC2)c(=O)cc1NCC1(F)CN(C)C1)c1cccc(C(F)F)c1F. The summed E-state index contributed by atoms with van der Waals surface area (Å²) in [5.41, 5.74) is -5.44. The number of carbonyl (C=O) groups is 1. The van der Waals surface area contributed by atoms with Crippen molar-refractivity contribution in [2.75, 3.05) is 32.0 Å². The number of anilines is 1. The maximum Gasteiger partial charge on any atom is 0.266 e. The molecule has 2 heterocycles. The fourth-order valence-corrected chi connectivity index (χ4v) is 4.61. The molecule has 0 bridgehead atoms. The van der Waals surface area contributed by atoms with Crippen molar-refractivity contribution in [2.24, 2.45) is 0 Å². The highest BCUT2D eigenvalue weighted by Crippen LogP contribution is 2.48. The number of hydrogen-bond donors (Lipinski definition) is 2. The minimum atomic E-state index is -3.06. The van der Waals surface area contributed by atoms with Gasteiger partial charge in [-0.05, 0) is 26.8 Å². The Bertz CT molecular complexity index is 1210. The van der Waals surface area contributed by atoms with Crippen molar-refractivity contribution in [1.29, 1.82) is 0 Å². The van der Waals surface area contributed by atoms with Crippen molar-refractivity contribution in [3.8, 4) is 0 Å². The van der Waals surface area contributed by atoms with Gasteiger partial charge in [-0.15, -0.1) is 0 Å². The van der Waals surface area contributed by atoms with Crippen LogP contribution in [-0.2, 0) is 5.54 Å². The topological polar surface area (TPSA) is 66.4 Å². The smallest absolute Gasteiger partial charge is 0.266 e. The van der Waals surface area contributed by atoms with Gasteiger partial charge in [-0.1, -0.05) is 18.2 Å². The van der Waals surface area contributed by atoms with E-state index in [1.807, 2.05) is 0 Å². The molecule has 2 aliphatic rings. The molecule has 1 amide bonds. The highest BCUT2D eigenvalue weighted by Gasteiger charge is 2.53. The first-order chi connectivity index (χ1) is 16.9. The summed E-state index contributed by atoms with van der Waals surface area (Å²) in [6, 6.07) is 3.28. The molecule has 1 saturated heterocycles. The van der Waals surface area contributed by atoms with Gasteiger partial charge in [0.1, 0.15) is 11.4 Å². The van der Waals surface area contributed by atoms with Crippen molar-refractivity contribution < 1.29 is 31.1 Å². The standard InChI is InChI=1S/C24H26F6N4O2/c1-13(14-4-3-5-15(19(14)25)20(26)27)32-21(36)16-9-34(24(6-7-24)22(28)29)18(35)8-17(16)31-10-23(30)11-33(2)12-23/h3-5,8-9,13,20,22,31H,6-7,10-12H2,1-2H3,(H,32,36)/t13-/m1/s1. The molecule has 12 heteroatoms. The lowest BCUT2D eigenvalue weighted by atomic mass is 9.97. The summed E-state index contributed by atoms with van der Waals surface area (Å²) < 4.78 is 83.8. The zero-order chi connectivity index (χ0) is 26.4. The summed E-state index contributed by atoms with van der Waals surface area (Å²) >= 11 is 0. The second-order valence-electron chi connectivity index (χ2n) is 9.64. The quantitative estimate of drug-likeness (QED) is 0.490. The first-order valence-electron chi connectivity index (χ1n) is 11.4.